The summed E-state index contributed by atoms with van der Waals surface area (Å²) >= 11 is 7.31. The molecule has 2 rings (SSSR count). The lowest BCUT2D eigenvalue weighted by molar-refractivity contribution is 0.0892. The Kier molecular flexibility index (Phi) is 4.53. The molecule has 1 heterocycles. The summed E-state index contributed by atoms with van der Waals surface area (Å²) in [4.78, 5) is 13.1. The van der Waals surface area contributed by atoms with Crippen LogP contribution in [0.15, 0.2) is 41.8 Å². The molecule has 0 fully saturated rings. The van der Waals surface area contributed by atoms with E-state index in [1.165, 1.54) is 11.3 Å². The molecule has 18 heavy (non-hydrogen) atoms. The van der Waals surface area contributed by atoms with Crippen molar-refractivity contribution >= 4 is 28.7 Å². The maximum Gasteiger partial charge on any atom is 0.182 e. The molecule has 0 aliphatic carbocycles. The van der Waals surface area contributed by atoms with Crippen LogP contribution in [0.4, 0.5) is 0 Å². The third-order valence-electron chi connectivity index (χ3n) is 2.69. The molecule has 94 valence electrons. The van der Waals surface area contributed by atoms with E-state index in [4.69, 9.17) is 16.3 Å². The molecule has 0 amide bonds. The average molecular weight is 281 g/mol. The van der Waals surface area contributed by atoms with Crippen LogP contribution in [-0.4, -0.2) is 19.5 Å². The number of hydrogen-bond donors (Lipinski definition) is 0. The Balaban J connectivity index is 2.28. The number of carbonyl (C=O) groups excluding carboxylic acids is 1. The predicted octanol–water partition coefficient (Wildman–Crippen LogP) is 4.01. The van der Waals surface area contributed by atoms with Crippen molar-refractivity contribution in [3.8, 4) is 0 Å². The van der Waals surface area contributed by atoms with Gasteiger partial charge in [0.05, 0.1) is 17.4 Å². The summed E-state index contributed by atoms with van der Waals surface area (Å²) in [7, 11) is 1.60. The normalized spacial score (nSPS) is 12.3. The fourth-order valence-corrected chi connectivity index (χ4v) is 2.62. The molecule has 0 radical (unpaired) electrons. The highest BCUT2D eigenvalue weighted by atomic mass is 35.5. The summed E-state index contributed by atoms with van der Waals surface area (Å²) in [6, 6.07) is 11.0. The van der Waals surface area contributed by atoms with Gasteiger partial charge in [-0.1, -0.05) is 29.8 Å². The molecule has 0 saturated heterocycles. The van der Waals surface area contributed by atoms with Gasteiger partial charge in [-0.25, -0.2) is 0 Å². The molecule has 0 saturated carbocycles. The number of Topliss-reactive ketones (excluding diaryl/α,β-unsaturated/α-hetero) is 1. The number of hydrogen-bond acceptors (Lipinski definition) is 3. The summed E-state index contributed by atoms with van der Waals surface area (Å²) in [6.07, 6.45) is 0. The van der Waals surface area contributed by atoms with Crippen LogP contribution < -0.4 is 0 Å². The predicted molar refractivity (Wildman–Crippen MR) is 74.7 cm³/mol. The summed E-state index contributed by atoms with van der Waals surface area (Å²) < 4.78 is 5.16. The van der Waals surface area contributed by atoms with Crippen LogP contribution in [-0.2, 0) is 4.74 Å². The van der Waals surface area contributed by atoms with E-state index in [1.807, 2.05) is 29.6 Å². The van der Waals surface area contributed by atoms with Crippen LogP contribution in [0.2, 0.25) is 5.02 Å². The van der Waals surface area contributed by atoms with Gasteiger partial charge in [0.1, 0.15) is 0 Å². The molecule has 1 aromatic heterocycles. The van der Waals surface area contributed by atoms with Gasteiger partial charge >= 0.3 is 0 Å². The fourth-order valence-electron chi connectivity index (χ4n) is 1.78. The van der Waals surface area contributed by atoms with Crippen LogP contribution in [0.5, 0.6) is 0 Å². The first-order valence-corrected chi connectivity index (χ1v) is 6.80. The number of rotatable bonds is 5. The van der Waals surface area contributed by atoms with Crippen LogP contribution in [0.3, 0.4) is 0 Å². The molecular weight excluding hydrogens is 268 g/mol. The Hall–Kier alpha value is -1.16. The molecule has 0 bridgehead atoms. The average Bonchev–Trinajstić information content (AvgIpc) is 2.90. The first kappa shape index (κ1) is 13.3. The Labute approximate surface area is 115 Å². The van der Waals surface area contributed by atoms with Crippen LogP contribution >= 0.6 is 22.9 Å². The lowest BCUT2D eigenvalue weighted by Gasteiger charge is -2.14. The second kappa shape index (κ2) is 6.14. The van der Waals surface area contributed by atoms with Crippen LogP contribution in [0, 0.1) is 0 Å². The van der Waals surface area contributed by atoms with Gasteiger partial charge in [-0.15, -0.1) is 11.3 Å². The van der Waals surface area contributed by atoms with E-state index in [-0.39, 0.29) is 11.7 Å². The zero-order chi connectivity index (χ0) is 13.0. The number of benzene rings is 1. The van der Waals surface area contributed by atoms with Crippen molar-refractivity contribution in [1.82, 2.24) is 0 Å². The van der Waals surface area contributed by atoms with E-state index in [1.54, 1.807) is 19.2 Å². The highest BCUT2D eigenvalue weighted by molar-refractivity contribution is 7.12. The van der Waals surface area contributed by atoms with Gasteiger partial charge in [-0.2, -0.15) is 0 Å². The molecule has 2 aromatic rings. The standard InChI is InChI=1S/C14H13ClO2S/c1-17-9-12(10-4-6-11(15)7-5-10)14(16)13-3-2-8-18-13/h2-8,12H,9H2,1H3. The molecule has 2 nitrogen and oxygen atoms in total. The van der Waals surface area contributed by atoms with Crippen molar-refractivity contribution in [3.05, 3.63) is 57.2 Å². The van der Waals surface area contributed by atoms with Gasteiger partial charge < -0.3 is 4.74 Å². The van der Waals surface area contributed by atoms with E-state index < -0.39 is 0 Å². The van der Waals surface area contributed by atoms with E-state index >= 15 is 0 Å². The zero-order valence-corrected chi connectivity index (χ0v) is 11.5. The van der Waals surface area contributed by atoms with Crippen molar-refractivity contribution < 1.29 is 9.53 Å². The third kappa shape index (κ3) is 2.99. The summed E-state index contributed by atoms with van der Waals surface area (Å²) in [5.74, 6) is -0.180. The van der Waals surface area contributed by atoms with Gasteiger partial charge in [-0.3, -0.25) is 4.79 Å². The molecule has 1 atom stereocenters. The molecule has 0 spiro atoms. The molecule has 0 N–H and O–H groups in total. The number of ketones is 1. The Morgan fingerprint density at radius 3 is 2.61 bits per heavy atom. The van der Waals surface area contributed by atoms with E-state index in [9.17, 15) is 4.79 Å². The number of thiophene rings is 1. The minimum absolute atomic E-state index is 0.0918. The number of halogens is 1. The molecule has 4 heteroatoms. The lowest BCUT2D eigenvalue weighted by Crippen LogP contribution is -2.17. The second-order valence-corrected chi connectivity index (χ2v) is 5.29. The number of carbonyl (C=O) groups is 1. The topological polar surface area (TPSA) is 26.3 Å². The summed E-state index contributed by atoms with van der Waals surface area (Å²) in [5, 5.41) is 2.57. The Bertz CT molecular complexity index is 505. The summed E-state index contributed by atoms with van der Waals surface area (Å²) in [6.45, 7) is 0.373. The minimum Gasteiger partial charge on any atom is -0.384 e. The molecule has 1 aromatic carbocycles. The number of ether oxygens (including phenoxy) is 1. The van der Waals surface area contributed by atoms with Gasteiger partial charge in [0.25, 0.3) is 0 Å². The van der Waals surface area contributed by atoms with E-state index in [2.05, 4.69) is 0 Å². The van der Waals surface area contributed by atoms with Gasteiger partial charge in [0, 0.05) is 12.1 Å². The number of methoxy groups -OCH3 is 1. The highest BCUT2D eigenvalue weighted by Crippen LogP contribution is 2.25. The van der Waals surface area contributed by atoms with Crippen molar-refractivity contribution in [2.45, 2.75) is 5.92 Å². The molecule has 0 aliphatic heterocycles. The van der Waals surface area contributed by atoms with Crippen LogP contribution in [0.1, 0.15) is 21.2 Å². The first-order chi connectivity index (χ1) is 8.72. The van der Waals surface area contributed by atoms with Crippen molar-refractivity contribution in [2.75, 3.05) is 13.7 Å². The van der Waals surface area contributed by atoms with Gasteiger partial charge in [0.2, 0.25) is 0 Å². The monoisotopic (exact) mass is 280 g/mol. The fraction of sp³-hybridized carbons (Fsp3) is 0.214. The quantitative estimate of drug-likeness (QED) is 0.774. The van der Waals surface area contributed by atoms with Crippen molar-refractivity contribution in [3.63, 3.8) is 0 Å². The smallest absolute Gasteiger partial charge is 0.182 e. The zero-order valence-electron chi connectivity index (χ0n) is 9.93. The first-order valence-electron chi connectivity index (χ1n) is 5.54. The SMILES string of the molecule is COCC(C(=O)c1cccs1)c1ccc(Cl)cc1. The Morgan fingerprint density at radius 2 is 2.06 bits per heavy atom. The third-order valence-corrected chi connectivity index (χ3v) is 3.82. The van der Waals surface area contributed by atoms with E-state index in [0.29, 0.717) is 11.6 Å². The largest absolute Gasteiger partial charge is 0.384 e. The molecule has 0 aliphatic rings. The maximum atomic E-state index is 12.4. The second-order valence-electron chi connectivity index (χ2n) is 3.90. The van der Waals surface area contributed by atoms with Crippen molar-refractivity contribution in [2.24, 2.45) is 0 Å². The van der Waals surface area contributed by atoms with Gasteiger partial charge in [0.15, 0.2) is 5.78 Å². The molecular formula is C14H13ClO2S. The minimum atomic E-state index is -0.272. The lowest BCUT2D eigenvalue weighted by atomic mass is 9.94. The van der Waals surface area contributed by atoms with E-state index in [0.717, 1.165) is 10.4 Å². The highest BCUT2D eigenvalue weighted by Gasteiger charge is 2.22. The maximum absolute atomic E-state index is 12.4. The van der Waals surface area contributed by atoms with Crippen LogP contribution in [0.25, 0.3) is 0 Å². The summed E-state index contributed by atoms with van der Waals surface area (Å²) in [5.41, 5.74) is 0.930. The molecule has 1 unspecified atom stereocenters. The van der Waals surface area contributed by atoms with Gasteiger partial charge in [-0.05, 0) is 29.1 Å². The Morgan fingerprint density at radius 1 is 1.33 bits per heavy atom. The van der Waals surface area contributed by atoms with Crippen molar-refractivity contribution in [1.29, 1.82) is 0 Å².